The number of aliphatic imine (C=N–C) groups is 1. The monoisotopic (exact) mass is 304 g/mol. The zero-order chi connectivity index (χ0) is 16.4. The van der Waals surface area contributed by atoms with E-state index in [1.807, 2.05) is 18.5 Å². The molecule has 0 unspecified atom stereocenters. The molecule has 122 valence electrons. The molecule has 0 saturated carbocycles. The molecule has 1 saturated heterocycles. The van der Waals surface area contributed by atoms with Gasteiger partial charge in [0.2, 0.25) is 0 Å². The van der Waals surface area contributed by atoms with Crippen LogP contribution in [0.25, 0.3) is 0 Å². The highest BCUT2D eigenvalue weighted by molar-refractivity contribution is 5.55. The number of allylic oxidation sites excluding steroid dienone is 4. The number of nitrogens with zero attached hydrogens (tertiary/aromatic N) is 2. The highest BCUT2D eigenvalue weighted by Crippen LogP contribution is 2.17. The van der Waals surface area contributed by atoms with Crippen molar-refractivity contribution in [1.82, 2.24) is 4.90 Å². The molecular formula is C18H28N2O2. The fourth-order valence-corrected chi connectivity index (χ4v) is 2.38. The van der Waals surface area contributed by atoms with Gasteiger partial charge in [0.05, 0.1) is 18.7 Å². The lowest BCUT2D eigenvalue weighted by molar-refractivity contribution is 0.178. The van der Waals surface area contributed by atoms with Gasteiger partial charge >= 0.3 is 0 Å². The van der Waals surface area contributed by atoms with Crippen molar-refractivity contribution in [3.63, 3.8) is 0 Å². The summed E-state index contributed by atoms with van der Waals surface area (Å²) >= 11 is 0. The van der Waals surface area contributed by atoms with Gasteiger partial charge in [0.25, 0.3) is 0 Å². The summed E-state index contributed by atoms with van der Waals surface area (Å²) < 4.78 is 5.93. The van der Waals surface area contributed by atoms with Gasteiger partial charge < -0.3 is 14.7 Å². The fraction of sp³-hybridized carbons (Fsp3) is 0.500. The molecule has 1 aliphatic rings. The van der Waals surface area contributed by atoms with E-state index in [9.17, 15) is 0 Å². The molecule has 1 rings (SSSR count). The molecular weight excluding hydrogens is 276 g/mol. The molecule has 0 aliphatic carbocycles. The predicted octanol–water partition coefficient (Wildman–Crippen LogP) is 3.85. The molecule has 1 aliphatic heterocycles. The summed E-state index contributed by atoms with van der Waals surface area (Å²) in [6.07, 6.45) is 10.2. The maximum Gasteiger partial charge on any atom is 0.115 e. The SMILES string of the molecule is C=C(O)CC(=C)/C=C\C(=C/CC)OC[C@@H]1CCN(C=NC)C1. The van der Waals surface area contributed by atoms with Gasteiger partial charge in [-0.2, -0.15) is 0 Å². The normalized spacial score (nSPS) is 19.3. The summed E-state index contributed by atoms with van der Waals surface area (Å²) in [5, 5.41) is 9.16. The molecule has 22 heavy (non-hydrogen) atoms. The average Bonchev–Trinajstić information content (AvgIpc) is 2.89. The van der Waals surface area contributed by atoms with Crippen LogP contribution in [0.5, 0.6) is 0 Å². The second-order valence-corrected chi connectivity index (χ2v) is 5.58. The number of hydrogen-bond acceptors (Lipinski definition) is 3. The van der Waals surface area contributed by atoms with Crippen LogP contribution in [-0.4, -0.2) is 43.1 Å². The van der Waals surface area contributed by atoms with Crippen molar-refractivity contribution in [2.45, 2.75) is 26.2 Å². The lowest BCUT2D eigenvalue weighted by Gasteiger charge is -2.14. The predicted molar refractivity (Wildman–Crippen MR) is 93.1 cm³/mol. The number of hydrogen-bond donors (Lipinski definition) is 1. The van der Waals surface area contributed by atoms with E-state index < -0.39 is 0 Å². The second-order valence-electron chi connectivity index (χ2n) is 5.58. The van der Waals surface area contributed by atoms with Gasteiger partial charge in [-0.3, -0.25) is 4.99 Å². The first kappa shape index (κ1) is 18.1. The van der Waals surface area contributed by atoms with Crippen molar-refractivity contribution >= 4 is 6.34 Å². The quantitative estimate of drug-likeness (QED) is 0.304. The zero-order valence-electron chi connectivity index (χ0n) is 13.8. The molecule has 0 aromatic carbocycles. The van der Waals surface area contributed by atoms with Gasteiger partial charge in [0.1, 0.15) is 5.76 Å². The Kier molecular flexibility index (Phi) is 8.11. The topological polar surface area (TPSA) is 45.1 Å². The molecule has 1 N–H and O–H groups in total. The minimum Gasteiger partial charge on any atom is -0.513 e. The van der Waals surface area contributed by atoms with Crippen molar-refractivity contribution in [2.75, 3.05) is 26.7 Å². The standard InChI is InChI=1S/C18H28N2O2/c1-5-6-18(8-7-15(2)11-16(3)21)22-13-17-9-10-20(12-17)14-19-4/h6-8,14,17,21H,2-3,5,9-13H2,1,4H3/b8-7-,18-6+,19-14?/t17-/m1/s1. The highest BCUT2D eigenvalue weighted by Gasteiger charge is 2.20. The zero-order valence-corrected chi connectivity index (χ0v) is 13.8. The molecule has 0 amide bonds. The van der Waals surface area contributed by atoms with Crippen LogP contribution in [0.15, 0.2) is 53.5 Å². The Labute approximate surface area is 134 Å². The van der Waals surface area contributed by atoms with E-state index in [-0.39, 0.29) is 5.76 Å². The van der Waals surface area contributed by atoms with Crippen LogP contribution in [0, 0.1) is 5.92 Å². The van der Waals surface area contributed by atoms with Crippen LogP contribution >= 0.6 is 0 Å². The molecule has 0 aromatic heterocycles. The third-order valence-corrected chi connectivity index (χ3v) is 3.40. The van der Waals surface area contributed by atoms with E-state index in [1.54, 1.807) is 7.05 Å². The lowest BCUT2D eigenvalue weighted by Crippen LogP contribution is -2.20. The summed E-state index contributed by atoms with van der Waals surface area (Å²) in [7, 11) is 1.80. The van der Waals surface area contributed by atoms with Crippen LogP contribution < -0.4 is 0 Å². The van der Waals surface area contributed by atoms with Crippen LogP contribution in [0.2, 0.25) is 0 Å². The van der Waals surface area contributed by atoms with Gasteiger partial charge in [-0.1, -0.05) is 26.2 Å². The summed E-state index contributed by atoms with van der Waals surface area (Å²) in [5.41, 5.74) is 0.810. The molecule has 1 fully saturated rings. The van der Waals surface area contributed by atoms with E-state index in [0.29, 0.717) is 18.9 Å². The van der Waals surface area contributed by atoms with Crippen LogP contribution in [0.3, 0.4) is 0 Å². The molecule has 4 nitrogen and oxygen atoms in total. The van der Waals surface area contributed by atoms with Crippen molar-refractivity contribution in [2.24, 2.45) is 10.9 Å². The smallest absolute Gasteiger partial charge is 0.115 e. The van der Waals surface area contributed by atoms with Gasteiger partial charge in [0, 0.05) is 32.5 Å². The lowest BCUT2D eigenvalue weighted by atomic mass is 10.1. The molecule has 4 heteroatoms. The van der Waals surface area contributed by atoms with Gasteiger partial charge in [0.15, 0.2) is 0 Å². The van der Waals surface area contributed by atoms with Crippen molar-refractivity contribution in [1.29, 1.82) is 0 Å². The molecule has 0 spiro atoms. The Morgan fingerprint density at radius 3 is 2.82 bits per heavy atom. The van der Waals surface area contributed by atoms with E-state index in [2.05, 4.69) is 36.0 Å². The summed E-state index contributed by atoms with van der Waals surface area (Å²) in [4.78, 5) is 6.27. The Balaban J connectivity index is 2.45. The Morgan fingerprint density at radius 2 is 2.18 bits per heavy atom. The molecule has 0 bridgehead atoms. The minimum absolute atomic E-state index is 0.125. The third-order valence-electron chi connectivity index (χ3n) is 3.40. The van der Waals surface area contributed by atoms with E-state index in [0.717, 1.165) is 37.3 Å². The summed E-state index contributed by atoms with van der Waals surface area (Å²) in [6.45, 7) is 12.2. The Hall–Kier alpha value is -1.97. The van der Waals surface area contributed by atoms with E-state index in [4.69, 9.17) is 9.84 Å². The number of aliphatic hydroxyl groups excluding tert-OH is 1. The van der Waals surface area contributed by atoms with Crippen LogP contribution in [0.4, 0.5) is 0 Å². The van der Waals surface area contributed by atoms with Crippen LogP contribution in [-0.2, 0) is 4.74 Å². The number of ether oxygens (including phenoxy) is 1. The van der Waals surface area contributed by atoms with Crippen LogP contribution in [0.1, 0.15) is 26.2 Å². The maximum absolute atomic E-state index is 9.16. The van der Waals surface area contributed by atoms with Gasteiger partial charge in [-0.05, 0) is 30.6 Å². The minimum atomic E-state index is 0.125. The second kappa shape index (κ2) is 9.87. The van der Waals surface area contributed by atoms with Gasteiger partial charge in [-0.15, -0.1) is 0 Å². The number of aliphatic hydroxyl groups is 1. The first-order valence-corrected chi connectivity index (χ1v) is 7.77. The van der Waals surface area contributed by atoms with Gasteiger partial charge in [-0.25, -0.2) is 0 Å². The number of rotatable bonds is 9. The number of likely N-dealkylation sites (tertiary alicyclic amines) is 1. The summed E-state index contributed by atoms with van der Waals surface area (Å²) in [5.74, 6) is 1.52. The third kappa shape index (κ3) is 7.16. The average molecular weight is 304 g/mol. The van der Waals surface area contributed by atoms with Crippen molar-refractivity contribution in [3.8, 4) is 0 Å². The Bertz CT molecular complexity index is 464. The van der Waals surface area contributed by atoms with E-state index >= 15 is 0 Å². The fourth-order valence-electron chi connectivity index (χ4n) is 2.38. The maximum atomic E-state index is 9.16. The Morgan fingerprint density at radius 1 is 1.41 bits per heavy atom. The molecule has 0 radical (unpaired) electrons. The molecule has 0 aromatic rings. The van der Waals surface area contributed by atoms with Crippen molar-refractivity contribution < 1.29 is 9.84 Å². The largest absolute Gasteiger partial charge is 0.513 e. The summed E-state index contributed by atoms with van der Waals surface area (Å²) in [6, 6.07) is 0. The first-order valence-electron chi connectivity index (χ1n) is 7.77. The van der Waals surface area contributed by atoms with E-state index in [1.165, 1.54) is 0 Å². The molecule has 1 atom stereocenters. The molecule has 1 heterocycles. The highest BCUT2D eigenvalue weighted by atomic mass is 16.5. The van der Waals surface area contributed by atoms with Crippen molar-refractivity contribution in [3.05, 3.63) is 48.5 Å². The first-order chi connectivity index (χ1) is 10.5.